The summed E-state index contributed by atoms with van der Waals surface area (Å²) in [4.78, 5) is 28.8. The van der Waals surface area contributed by atoms with E-state index in [2.05, 4.69) is 41.6 Å². The van der Waals surface area contributed by atoms with E-state index in [9.17, 15) is 0 Å². The van der Waals surface area contributed by atoms with Gasteiger partial charge in [0.05, 0.1) is 25.2 Å². The van der Waals surface area contributed by atoms with Crippen LogP contribution in [0, 0.1) is 6.92 Å². The summed E-state index contributed by atoms with van der Waals surface area (Å²) in [6, 6.07) is 11.7. The molecule has 0 amide bonds. The van der Waals surface area contributed by atoms with Gasteiger partial charge in [0.25, 0.3) is 0 Å². The van der Waals surface area contributed by atoms with E-state index in [0.717, 1.165) is 33.7 Å². The Morgan fingerprint density at radius 3 is 2.79 bits per heavy atom. The molecule has 0 aliphatic heterocycles. The highest BCUT2D eigenvalue weighted by atomic mass is 16.5. The second-order valence-electron chi connectivity index (χ2n) is 7.66. The number of ether oxygens (including phenoxy) is 1. The lowest BCUT2D eigenvalue weighted by molar-refractivity contribution is -0.392. The van der Waals surface area contributed by atoms with Crippen LogP contribution in [0.5, 0.6) is 5.88 Å². The van der Waals surface area contributed by atoms with Crippen LogP contribution in [0.2, 0.25) is 0 Å². The molecule has 0 saturated carbocycles. The lowest BCUT2D eigenvalue weighted by Gasteiger charge is -2.13. The molecule has 170 valence electrons. The van der Waals surface area contributed by atoms with Crippen molar-refractivity contribution in [2.75, 3.05) is 12.4 Å². The van der Waals surface area contributed by atoms with Gasteiger partial charge < -0.3 is 20.4 Å². The van der Waals surface area contributed by atoms with E-state index in [1.54, 1.807) is 19.6 Å². The van der Waals surface area contributed by atoms with Crippen LogP contribution in [0.15, 0.2) is 61.3 Å². The number of nitrogens with one attached hydrogen (secondary N) is 4. The first-order valence-corrected chi connectivity index (χ1v) is 10.8. The van der Waals surface area contributed by atoms with Crippen molar-refractivity contribution in [2.24, 2.45) is 0 Å². The van der Waals surface area contributed by atoms with Crippen molar-refractivity contribution >= 4 is 22.7 Å². The highest BCUT2D eigenvalue weighted by molar-refractivity contribution is 5.91. The van der Waals surface area contributed by atoms with Crippen LogP contribution < -0.4 is 20.4 Å². The molecule has 10 heteroatoms. The molecule has 10 nitrogen and oxygen atoms in total. The van der Waals surface area contributed by atoms with E-state index in [0.29, 0.717) is 36.3 Å². The van der Waals surface area contributed by atoms with Crippen LogP contribution in [0.4, 0.5) is 11.5 Å². The molecule has 0 aromatic carbocycles. The van der Waals surface area contributed by atoms with E-state index in [1.807, 2.05) is 49.6 Å². The molecule has 0 fully saturated rings. The third-order valence-corrected chi connectivity index (χ3v) is 5.23. The fourth-order valence-electron chi connectivity index (χ4n) is 3.61. The molecule has 5 heterocycles. The van der Waals surface area contributed by atoms with Crippen molar-refractivity contribution in [3.8, 4) is 17.1 Å². The van der Waals surface area contributed by atoms with Crippen LogP contribution in [-0.2, 0) is 13.1 Å². The zero-order valence-electron chi connectivity index (χ0n) is 18.8. The SMILES string of the molecule is COc1ccc(Nc2ncc(CNCc3ccccn3)cc2-c2nc(C)nc3nc[nH]c23)c[nH+]1. The third kappa shape index (κ3) is 4.66. The van der Waals surface area contributed by atoms with Crippen LogP contribution in [0.25, 0.3) is 22.4 Å². The number of imidazole rings is 1. The summed E-state index contributed by atoms with van der Waals surface area (Å²) < 4.78 is 5.21. The van der Waals surface area contributed by atoms with Crippen molar-refractivity contribution in [1.29, 1.82) is 0 Å². The Balaban J connectivity index is 1.49. The van der Waals surface area contributed by atoms with Crippen LogP contribution in [0.3, 0.4) is 0 Å². The van der Waals surface area contributed by atoms with E-state index in [1.165, 1.54) is 0 Å². The van der Waals surface area contributed by atoms with Crippen LogP contribution in [0.1, 0.15) is 17.1 Å². The summed E-state index contributed by atoms with van der Waals surface area (Å²) in [6.07, 6.45) is 7.09. The van der Waals surface area contributed by atoms with Gasteiger partial charge in [0.2, 0.25) is 0 Å². The van der Waals surface area contributed by atoms with Gasteiger partial charge >= 0.3 is 5.88 Å². The van der Waals surface area contributed by atoms with E-state index in [4.69, 9.17) is 14.7 Å². The van der Waals surface area contributed by atoms with Gasteiger partial charge in [-0.1, -0.05) is 6.07 Å². The predicted molar refractivity (Wildman–Crippen MR) is 127 cm³/mol. The highest BCUT2D eigenvalue weighted by Crippen LogP contribution is 2.31. The lowest BCUT2D eigenvalue weighted by Crippen LogP contribution is -2.14. The largest absolute Gasteiger partial charge is 0.448 e. The lowest BCUT2D eigenvalue weighted by atomic mass is 10.1. The fourth-order valence-corrected chi connectivity index (χ4v) is 3.61. The molecule has 0 aliphatic carbocycles. The normalized spacial score (nSPS) is 11.0. The average Bonchev–Trinajstić information content (AvgIpc) is 3.34. The number of aromatic nitrogens is 7. The van der Waals surface area contributed by atoms with Crippen LogP contribution in [-0.4, -0.2) is 37.0 Å². The molecule has 5 rings (SSSR count). The van der Waals surface area contributed by atoms with Gasteiger partial charge in [-0.2, -0.15) is 4.98 Å². The van der Waals surface area contributed by atoms with Crippen LogP contribution >= 0.6 is 0 Å². The van der Waals surface area contributed by atoms with E-state index in [-0.39, 0.29) is 0 Å². The first-order chi connectivity index (χ1) is 16.7. The maximum absolute atomic E-state index is 5.21. The molecule has 0 saturated heterocycles. The summed E-state index contributed by atoms with van der Waals surface area (Å²) >= 11 is 0. The van der Waals surface area contributed by atoms with Crippen molar-refractivity contribution in [3.05, 3.63) is 78.4 Å². The van der Waals surface area contributed by atoms with Gasteiger partial charge in [-0.25, -0.2) is 19.9 Å². The summed E-state index contributed by atoms with van der Waals surface area (Å²) in [7, 11) is 1.62. The predicted octanol–water partition coefficient (Wildman–Crippen LogP) is 2.97. The molecule has 0 spiro atoms. The molecule has 0 unspecified atom stereocenters. The molecule has 4 N–H and O–H groups in total. The molecule has 5 aromatic rings. The molecular weight excluding hydrogens is 430 g/mol. The maximum atomic E-state index is 5.21. The number of methoxy groups -OCH3 is 1. The number of fused-ring (bicyclic) bond motifs is 1. The minimum absolute atomic E-state index is 0.616. The number of pyridine rings is 3. The molecule has 5 aromatic heterocycles. The Morgan fingerprint density at radius 1 is 1.06 bits per heavy atom. The Hall–Kier alpha value is -4.44. The topological polar surface area (TPSA) is 128 Å². The number of H-pyrrole nitrogens is 2. The molecule has 0 atom stereocenters. The standard InChI is InChI=1S/C24H23N9O/c1-15-31-21(22-24(32-15)30-14-29-22)19-9-16(10-25-12-17-5-3-4-8-26-17)11-28-23(19)33-18-6-7-20(34-2)27-13-18/h3-9,11,13-14,25H,10,12H2,1-2H3,(H,28,33)(H,29,30,31,32)/p+1. The maximum Gasteiger partial charge on any atom is 0.365 e. The number of aromatic amines is 2. The summed E-state index contributed by atoms with van der Waals surface area (Å²) in [5, 5.41) is 6.81. The molecule has 34 heavy (non-hydrogen) atoms. The average molecular weight is 455 g/mol. The van der Waals surface area contributed by atoms with Gasteiger partial charge in [0.15, 0.2) is 11.8 Å². The Kier molecular flexibility index (Phi) is 6.04. The number of rotatable bonds is 8. The van der Waals surface area contributed by atoms with Gasteiger partial charge in [0, 0.05) is 31.0 Å². The second-order valence-corrected chi connectivity index (χ2v) is 7.66. The fraction of sp³-hybridized carbons (Fsp3) is 0.167. The number of aryl methyl sites for hydroxylation is 1. The van der Waals surface area contributed by atoms with Crippen molar-refractivity contribution in [2.45, 2.75) is 20.0 Å². The van der Waals surface area contributed by atoms with Gasteiger partial charge in [0.1, 0.15) is 28.5 Å². The van der Waals surface area contributed by atoms with E-state index >= 15 is 0 Å². The zero-order valence-corrected chi connectivity index (χ0v) is 18.8. The molecular formula is C24H24N9O+. The number of nitrogens with zero attached hydrogens (tertiary/aromatic N) is 5. The summed E-state index contributed by atoms with van der Waals surface area (Å²) in [5.74, 6) is 1.97. The van der Waals surface area contributed by atoms with Gasteiger partial charge in [-0.05, 0) is 36.8 Å². The minimum atomic E-state index is 0.616. The minimum Gasteiger partial charge on any atom is -0.448 e. The third-order valence-electron chi connectivity index (χ3n) is 5.23. The van der Waals surface area contributed by atoms with Crippen molar-refractivity contribution in [3.63, 3.8) is 0 Å². The number of hydrogen-bond acceptors (Lipinski definition) is 8. The van der Waals surface area contributed by atoms with Crippen molar-refractivity contribution in [1.82, 2.24) is 35.2 Å². The number of hydrogen-bond donors (Lipinski definition) is 3. The Labute approximate surface area is 195 Å². The first-order valence-electron chi connectivity index (χ1n) is 10.8. The van der Waals surface area contributed by atoms with E-state index < -0.39 is 0 Å². The first kappa shape index (κ1) is 21.4. The zero-order chi connectivity index (χ0) is 23.3. The monoisotopic (exact) mass is 454 g/mol. The molecule has 0 radical (unpaired) electrons. The summed E-state index contributed by atoms with van der Waals surface area (Å²) in [5.41, 5.74) is 5.78. The molecule has 0 aliphatic rings. The quantitative estimate of drug-likeness (QED) is 0.326. The Bertz CT molecular complexity index is 1400. The van der Waals surface area contributed by atoms with Crippen molar-refractivity contribution < 1.29 is 9.72 Å². The number of anilines is 2. The second kappa shape index (κ2) is 9.59. The molecule has 0 bridgehead atoms. The Morgan fingerprint density at radius 2 is 2.00 bits per heavy atom. The smallest absolute Gasteiger partial charge is 0.365 e. The summed E-state index contributed by atoms with van der Waals surface area (Å²) in [6.45, 7) is 3.15. The van der Waals surface area contributed by atoms with Gasteiger partial charge in [-0.15, -0.1) is 0 Å². The van der Waals surface area contributed by atoms with Gasteiger partial charge in [-0.3, -0.25) is 4.98 Å². The highest BCUT2D eigenvalue weighted by Gasteiger charge is 2.17.